The number of non-ortho nitro benzene ring substituents is 1. The summed E-state index contributed by atoms with van der Waals surface area (Å²) in [4.78, 5) is 53.6. The van der Waals surface area contributed by atoms with Crippen molar-refractivity contribution in [3.8, 4) is 0 Å². The molecule has 30 heavy (non-hydrogen) atoms. The van der Waals surface area contributed by atoms with Crippen LogP contribution in [0.15, 0.2) is 54.6 Å². The van der Waals surface area contributed by atoms with Crippen LogP contribution in [0, 0.1) is 22.0 Å². The molecule has 3 fully saturated rings. The van der Waals surface area contributed by atoms with Crippen molar-refractivity contribution in [1.29, 1.82) is 0 Å². The summed E-state index contributed by atoms with van der Waals surface area (Å²) in [6.45, 7) is 0.693. The summed E-state index contributed by atoms with van der Waals surface area (Å²) in [6.07, 6.45) is 1.65. The Morgan fingerprint density at radius 1 is 0.967 bits per heavy atom. The van der Waals surface area contributed by atoms with Gasteiger partial charge < -0.3 is 0 Å². The molecule has 3 saturated heterocycles. The number of Topliss-reactive ketones (excluding diaryl/α,β-unsaturated/α-hetero) is 1. The minimum Gasteiger partial charge on any atom is -0.292 e. The highest BCUT2D eigenvalue weighted by Crippen LogP contribution is 2.48. The molecule has 2 amide bonds. The number of carbonyl (C=O) groups excluding carboxylic acids is 3. The van der Waals surface area contributed by atoms with Gasteiger partial charge in [-0.05, 0) is 31.5 Å². The maximum Gasteiger partial charge on any atom is 0.269 e. The fraction of sp³-hybridized carbons (Fsp3) is 0.318. The van der Waals surface area contributed by atoms with E-state index in [1.807, 2.05) is 11.0 Å². The third-order valence-corrected chi connectivity index (χ3v) is 6.50. The first-order chi connectivity index (χ1) is 14.5. The van der Waals surface area contributed by atoms with Crippen LogP contribution in [0.2, 0.25) is 0 Å². The van der Waals surface area contributed by atoms with Crippen LogP contribution in [0.4, 0.5) is 11.4 Å². The highest BCUT2D eigenvalue weighted by molar-refractivity contribution is 6.24. The Hall–Kier alpha value is -3.39. The van der Waals surface area contributed by atoms with E-state index in [-0.39, 0.29) is 23.4 Å². The van der Waals surface area contributed by atoms with E-state index in [0.717, 1.165) is 17.7 Å². The standard InChI is InChI=1S/C22H19N3O5/c26-20(13-5-2-1-3-6-13)19-18-17(16-7-4-12-23(16)19)21(27)24(22(18)28)14-8-10-15(11-9-14)25(29)30/h1-3,5-6,8-11,16-19H,4,7,12H2/t16-,17-,18-,19+/m1/s1. The number of carbonyl (C=O) groups is 3. The number of fused-ring (bicyclic) bond motifs is 3. The lowest BCUT2D eigenvalue weighted by Gasteiger charge is -2.27. The smallest absolute Gasteiger partial charge is 0.269 e. The molecule has 5 rings (SSSR count). The average Bonchev–Trinajstić information content (AvgIpc) is 3.40. The lowest BCUT2D eigenvalue weighted by molar-refractivity contribution is -0.384. The number of nitro benzene ring substituents is 1. The Morgan fingerprint density at radius 3 is 2.30 bits per heavy atom. The first-order valence-corrected chi connectivity index (χ1v) is 9.96. The zero-order chi connectivity index (χ0) is 21.0. The van der Waals surface area contributed by atoms with E-state index in [9.17, 15) is 24.5 Å². The minimum absolute atomic E-state index is 0.114. The molecular weight excluding hydrogens is 386 g/mol. The lowest BCUT2D eigenvalue weighted by atomic mass is 9.85. The molecule has 152 valence electrons. The van der Waals surface area contributed by atoms with Gasteiger partial charge in [0.15, 0.2) is 5.78 Å². The van der Waals surface area contributed by atoms with Crippen LogP contribution < -0.4 is 4.90 Å². The summed E-state index contributed by atoms with van der Waals surface area (Å²) in [5.41, 5.74) is 0.723. The van der Waals surface area contributed by atoms with E-state index < -0.39 is 28.7 Å². The van der Waals surface area contributed by atoms with Gasteiger partial charge in [0.05, 0.1) is 28.5 Å². The van der Waals surface area contributed by atoms with Gasteiger partial charge in [-0.3, -0.25) is 29.4 Å². The van der Waals surface area contributed by atoms with Gasteiger partial charge in [-0.2, -0.15) is 0 Å². The van der Waals surface area contributed by atoms with Gasteiger partial charge in [-0.25, -0.2) is 4.90 Å². The maximum atomic E-state index is 13.4. The van der Waals surface area contributed by atoms with Crippen LogP contribution in [0.1, 0.15) is 23.2 Å². The van der Waals surface area contributed by atoms with Crippen molar-refractivity contribution in [2.75, 3.05) is 11.4 Å². The number of ketones is 1. The summed E-state index contributed by atoms with van der Waals surface area (Å²) >= 11 is 0. The van der Waals surface area contributed by atoms with Crippen molar-refractivity contribution in [2.24, 2.45) is 11.8 Å². The van der Waals surface area contributed by atoms with E-state index in [1.165, 1.54) is 24.3 Å². The molecule has 0 N–H and O–H groups in total. The number of amides is 2. The molecule has 0 aromatic heterocycles. The van der Waals surface area contributed by atoms with Crippen molar-refractivity contribution in [3.05, 3.63) is 70.3 Å². The first-order valence-electron chi connectivity index (χ1n) is 9.96. The van der Waals surface area contributed by atoms with Crippen molar-refractivity contribution in [2.45, 2.75) is 24.9 Å². The molecule has 2 aromatic carbocycles. The molecule has 0 unspecified atom stereocenters. The van der Waals surface area contributed by atoms with Gasteiger partial charge in [0.2, 0.25) is 11.8 Å². The molecular formula is C22H19N3O5. The van der Waals surface area contributed by atoms with E-state index in [4.69, 9.17) is 0 Å². The summed E-state index contributed by atoms with van der Waals surface area (Å²) in [6, 6.07) is 13.4. The number of benzene rings is 2. The second-order valence-electron chi connectivity index (χ2n) is 7.96. The number of imide groups is 1. The molecule has 4 atom stereocenters. The number of nitro groups is 1. The number of hydrogen-bond donors (Lipinski definition) is 0. The molecule has 3 heterocycles. The third-order valence-electron chi connectivity index (χ3n) is 6.50. The third kappa shape index (κ3) is 2.60. The minimum atomic E-state index is -0.731. The van der Waals surface area contributed by atoms with E-state index in [1.54, 1.807) is 24.3 Å². The molecule has 8 nitrogen and oxygen atoms in total. The molecule has 0 spiro atoms. The molecule has 0 aliphatic carbocycles. The van der Waals surface area contributed by atoms with E-state index in [2.05, 4.69) is 0 Å². The van der Waals surface area contributed by atoms with E-state index >= 15 is 0 Å². The van der Waals surface area contributed by atoms with Crippen LogP contribution >= 0.6 is 0 Å². The molecule has 0 bridgehead atoms. The van der Waals surface area contributed by atoms with Crippen LogP contribution in [0.5, 0.6) is 0 Å². The van der Waals surface area contributed by atoms with Crippen molar-refractivity contribution < 1.29 is 19.3 Å². The Bertz CT molecular complexity index is 1050. The van der Waals surface area contributed by atoms with Crippen molar-refractivity contribution >= 4 is 29.0 Å². The fourth-order valence-corrected chi connectivity index (χ4v) is 5.27. The Morgan fingerprint density at radius 2 is 1.63 bits per heavy atom. The Balaban J connectivity index is 1.52. The molecule has 3 aliphatic rings. The molecule has 0 saturated carbocycles. The summed E-state index contributed by atoms with van der Waals surface area (Å²) in [5, 5.41) is 10.9. The topological polar surface area (TPSA) is 101 Å². The number of hydrogen-bond acceptors (Lipinski definition) is 6. The highest BCUT2D eigenvalue weighted by Gasteiger charge is 2.64. The molecule has 0 radical (unpaired) electrons. The van der Waals surface area contributed by atoms with Gasteiger partial charge in [0.1, 0.15) is 0 Å². The zero-order valence-electron chi connectivity index (χ0n) is 16.0. The normalized spacial score (nSPS) is 27.9. The fourth-order valence-electron chi connectivity index (χ4n) is 5.27. The van der Waals surface area contributed by atoms with Crippen LogP contribution in [0.25, 0.3) is 0 Å². The highest BCUT2D eigenvalue weighted by atomic mass is 16.6. The summed E-state index contributed by atoms with van der Waals surface area (Å²) in [5.74, 6) is -2.15. The van der Waals surface area contributed by atoms with Crippen molar-refractivity contribution in [1.82, 2.24) is 4.90 Å². The predicted molar refractivity (Wildman–Crippen MR) is 107 cm³/mol. The van der Waals surface area contributed by atoms with Crippen molar-refractivity contribution in [3.63, 3.8) is 0 Å². The van der Waals surface area contributed by atoms with Crippen LogP contribution in [-0.4, -0.2) is 46.0 Å². The van der Waals surface area contributed by atoms with Gasteiger partial charge in [-0.15, -0.1) is 0 Å². The summed E-state index contributed by atoms with van der Waals surface area (Å²) < 4.78 is 0. The lowest BCUT2D eigenvalue weighted by Crippen LogP contribution is -2.46. The molecule has 2 aromatic rings. The van der Waals surface area contributed by atoms with Gasteiger partial charge in [0, 0.05) is 23.7 Å². The summed E-state index contributed by atoms with van der Waals surface area (Å²) in [7, 11) is 0. The van der Waals surface area contributed by atoms with Gasteiger partial charge in [-0.1, -0.05) is 30.3 Å². The average molecular weight is 405 g/mol. The Labute approximate surface area is 172 Å². The Kier molecular flexibility index (Phi) is 4.25. The quantitative estimate of drug-likeness (QED) is 0.335. The largest absolute Gasteiger partial charge is 0.292 e. The van der Waals surface area contributed by atoms with Crippen LogP contribution in [0.3, 0.4) is 0 Å². The molecule has 3 aliphatic heterocycles. The van der Waals surface area contributed by atoms with Gasteiger partial charge >= 0.3 is 0 Å². The second-order valence-corrected chi connectivity index (χ2v) is 7.96. The second kappa shape index (κ2) is 6.84. The number of anilines is 1. The first kappa shape index (κ1) is 18.6. The number of rotatable bonds is 4. The SMILES string of the molecule is O=C(c1ccccc1)[C@@H]1[C@@H]2C(=O)N(c3ccc([N+](=O)[O-])cc3)C(=O)[C@@H]2[C@H]2CCCN21. The predicted octanol–water partition coefficient (Wildman–Crippen LogP) is 2.43. The maximum absolute atomic E-state index is 13.4. The molecule has 8 heteroatoms. The zero-order valence-corrected chi connectivity index (χ0v) is 16.0. The monoisotopic (exact) mass is 405 g/mol. The van der Waals surface area contributed by atoms with Crippen LogP contribution in [-0.2, 0) is 9.59 Å². The van der Waals surface area contributed by atoms with Gasteiger partial charge in [0.25, 0.3) is 5.69 Å². The van der Waals surface area contributed by atoms with E-state index in [0.29, 0.717) is 17.8 Å². The number of nitrogens with zero attached hydrogens (tertiary/aromatic N) is 3.